The molecule has 10 nitrogen and oxygen atoms in total. The van der Waals surface area contributed by atoms with E-state index >= 15 is 0 Å². The van der Waals surface area contributed by atoms with Gasteiger partial charge in [0.05, 0.1) is 28.1 Å². The molecule has 2 aromatic carbocycles. The Morgan fingerprint density at radius 2 is 1.73 bits per heavy atom. The molecular weight excluding hydrogens is 470 g/mol. The van der Waals surface area contributed by atoms with Gasteiger partial charge in [-0.2, -0.15) is 9.40 Å². The highest BCUT2D eigenvalue weighted by Crippen LogP contribution is 2.21. The van der Waals surface area contributed by atoms with E-state index in [0.717, 1.165) is 17.7 Å². The van der Waals surface area contributed by atoms with Gasteiger partial charge in [0.1, 0.15) is 0 Å². The van der Waals surface area contributed by atoms with E-state index in [1.54, 1.807) is 21.8 Å². The first-order chi connectivity index (χ1) is 15.8. The van der Waals surface area contributed by atoms with Crippen molar-refractivity contribution in [2.24, 2.45) is 0 Å². The zero-order valence-corrected chi connectivity index (χ0v) is 18.9. The van der Waals surface area contributed by atoms with Crippen LogP contribution < -0.4 is 0 Å². The number of nitro groups is 1. The first kappa shape index (κ1) is 22.9. The minimum Gasteiger partial charge on any atom is -0.336 e. The average molecular weight is 490 g/mol. The highest BCUT2D eigenvalue weighted by Gasteiger charge is 2.31. The van der Waals surface area contributed by atoms with Crippen molar-refractivity contribution in [2.45, 2.75) is 11.4 Å². The second-order valence-corrected chi connectivity index (χ2v) is 9.81. The Balaban J connectivity index is 1.38. The van der Waals surface area contributed by atoms with E-state index in [0.29, 0.717) is 17.1 Å². The normalized spacial score (nSPS) is 14.9. The van der Waals surface area contributed by atoms with Crippen LogP contribution in [0.1, 0.15) is 15.9 Å². The number of rotatable bonds is 6. The fraction of sp³-hybridized carbons (Fsp3) is 0.238. The topological polar surface area (TPSA) is 119 Å². The number of nitrogens with zero attached hydrogens (tertiary/aromatic N) is 5. The van der Waals surface area contributed by atoms with Crippen LogP contribution in [-0.4, -0.2) is 64.4 Å². The Bertz CT molecular complexity index is 1280. The van der Waals surface area contributed by atoms with Crippen molar-refractivity contribution in [1.29, 1.82) is 0 Å². The molecule has 4 rings (SSSR count). The van der Waals surface area contributed by atoms with Gasteiger partial charge >= 0.3 is 0 Å². The molecule has 1 fully saturated rings. The number of piperazine rings is 1. The molecule has 0 saturated carbocycles. The third-order valence-electron chi connectivity index (χ3n) is 5.38. The molecule has 0 atom stereocenters. The summed E-state index contributed by atoms with van der Waals surface area (Å²) in [6.45, 7) is 1.12. The minimum atomic E-state index is -3.81. The Morgan fingerprint density at radius 3 is 2.36 bits per heavy atom. The van der Waals surface area contributed by atoms with E-state index in [4.69, 9.17) is 11.6 Å². The molecule has 1 aromatic heterocycles. The number of halogens is 1. The summed E-state index contributed by atoms with van der Waals surface area (Å²) in [4.78, 5) is 24.6. The molecular formula is C21H20ClN5O5S. The van der Waals surface area contributed by atoms with Crippen molar-refractivity contribution in [3.05, 3.63) is 87.2 Å². The van der Waals surface area contributed by atoms with Crippen molar-refractivity contribution in [3.63, 3.8) is 0 Å². The predicted octanol–water partition coefficient (Wildman–Crippen LogP) is 2.64. The first-order valence-corrected chi connectivity index (χ1v) is 11.9. The van der Waals surface area contributed by atoms with Gasteiger partial charge in [0.25, 0.3) is 11.6 Å². The van der Waals surface area contributed by atoms with Crippen LogP contribution in [0.15, 0.2) is 65.8 Å². The van der Waals surface area contributed by atoms with Gasteiger partial charge in [0.2, 0.25) is 10.0 Å². The van der Waals surface area contributed by atoms with Gasteiger partial charge in [-0.1, -0.05) is 29.8 Å². The summed E-state index contributed by atoms with van der Waals surface area (Å²) < 4.78 is 28.6. The number of hydrogen-bond acceptors (Lipinski definition) is 6. The molecule has 0 unspecified atom stereocenters. The molecule has 3 aromatic rings. The molecule has 1 aliphatic rings. The Kier molecular flexibility index (Phi) is 6.45. The number of nitro benzene ring substituents is 1. The lowest BCUT2D eigenvalue weighted by Crippen LogP contribution is -2.50. The van der Waals surface area contributed by atoms with Crippen molar-refractivity contribution >= 4 is 33.2 Å². The van der Waals surface area contributed by atoms with Gasteiger partial charge in [0.15, 0.2) is 0 Å². The molecule has 172 valence electrons. The summed E-state index contributed by atoms with van der Waals surface area (Å²) in [5.41, 5.74) is 1.11. The summed E-state index contributed by atoms with van der Waals surface area (Å²) >= 11 is 6.18. The molecule has 33 heavy (non-hydrogen) atoms. The third-order valence-corrected chi connectivity index (χ3v) is 7.66. The highest BCUT2D eigenvalue weighted by molar-refractivity contribution is 7.89. The van der Waals surface area contributed by atoms with Gasteiger partial charge in [-0.25, -0.2) is 8.42 Å². The summed E-state index contributed by atoms with van der Waals surface area (Å²) in [6, 6.07) is 12.1. The maximum Gasteiger partial charge on any atom is 0.269 e. The number of aromatic nitrogens is 2. The quantitative estimate of drug-likeness (QED) is 0.388. The number of sulfonamides is 1. The smallest absolute Gasteiger partial charge is 0.269 e. The predicted molar refractivity (Wildman–Crippen MR) is 121 cm³/mol. The van der Waals surface area contributed by atoms with E-state index < -0.39 is 14.9 Å². The zero-order chi connectivity index (χ0) is 23.6. The van der Waals surface area contributed by atoms with Crippen molar-refractivity contribution in [1.82, 2.24) is 19.0 Å². The van der Waals surface area contributed by atoms with E-state index in [9.17, 15) is 23.3 Å². The standard InChI is InChI=1S/C21H20ClN5O5S/c22-20-4-2-1-3-16(20)14-25-15-17(13-23-25)21(28)24-9-11-26(12-10-24)33(31,32)19-7-5-18(6-8-19)27(29)30/h1-8,13,15H,9-12,14H2. The lowest BCUT2D eigenvalue weighted by molar-refractivity contribution is -0.384. The maximum atomic E-state index is 12.9. The fourth-order valence-electron chi connectivity index (χ4n) is 3.56. The second-order valence-electron chi connectivity index (χ2n) is 7.47. The molecule has 0 radical (unpaired) electrons. The van der Waals surface area contributed by atoms with E-state index in [1.807, 2.05) is 18.2 Å². The van der Waals surface area contributed by atoms with Crippen LogP contribution >= 0.6 is 11.6 Å². The van der Waals surface area contributed by atoms with Gasteiger partial charge < -0.3 is 4.90 Å². The van der Waals surface area contributed by atoms with Crippen molar-refractivity contribution < 1.29 is 18.1 Å². The van der Waals surface area contributed by atoms with Gasteiger partial charge in [-0.15, -0.1) is 0 Å². The van der Waals surface area contributed by atoms with Gasteiger partial charge in [-0.3, -0.25) is 19.6 Å². The Labute approximate surface area is 195 Å². The van der Waals surface area contributed by atoms with Crippen molar-refractivity contribution in [2.75, 3.05) is 26.2 Å². The molecule has 0 N–H and O–H groups in total. The van der Waals surface area contributed by atoms with Crippen molar-refractivity contribution in [3.8, 4) is 0 Å². The van der Waals surface area contributed by atoms with Crippen LogP contribution in [0.4, 0.5) is 5.69 Å². The number of carbonyl (C=O) groups excluding carboxylic acids is 1. The molecule has 1 saturated heterocycles. The molecule has 2 heterocycles. The zero-order valence-electron chi connectivity index (χ0n) is 17.4. The van der Waals surface area contributed by atoms with Crippen LogP contribution in [0.25, 0.3) is 0 Å². The lowest BCUT2D eigenvalue weighted by Gasteiger charge is -2.33. The molecule has 0 aliphatic carbocycles. The molecule has 0 spiro atoms. The number of hydrogen-bond donors (Lipinski definition) is 0. The largest absolute Gasteiger partial charge is 0.336 e. The Hall–Kier alpha value is -3.28. The monoisotopic (exact) mass is 489 g/mol. The number of benzene rings is 2. The van der Waals surface area contributed by atoms with E-state index in [1.165, 1.54) is 22.6 Å². The van der Waals surface area contributed by atoms with Crippen LogP contribution in [-0.2, 0) is 16.6 Å². The molecule has 1 amide bonds. The first-order valence-electron chi connectivity index (χ1n) is 10.1. The Morgan fingerprint density at radius 1 is 1.06 bits per heavy atom. The van der Waals surface area contributed by atoms with Crippen LogP contribution in [0.2, 0.25) is 5.02 Å². The van der Waals surface area contributed by atoms with Crippen LogP contribution in [0.3, 0.4) is 0 Å². The summed E-state index contributed by atoms with van der Waals surface area (Å²) in [6.07, 6.45) is 3.13. The molecule has 1 aliphatic heterocycles. The van der Waals surface area contributed by atoms with E-state index in [-0.39, 0.29) is 42.7 Å². The summed E-state index contributed by atoms with van der Waals surface area (Å²) in [5.74, 6) is -0.229. The molecule has 12 heteroatoms. The highest BCUT2D eigenvalue weighted by atomic mass is 35.5. The average Bonchev–Trinajstić information content (AvgIpc) is 3.29. The molecule has 0 bridgehead atoms. The lowest BCUT2D eigenvalue weighted by atomic mass is 10.2. The second kappa shape index (κ2) is 9.30. The van der Waals surface area contributed by atoms with Gasteiger partial charge in [-0.05, 0) is 23.8 Å². The minimum absolute atomic E-state index is 0.0197. The summed E-state index contributed by atoms with van der Waals surface area (Å²) in [5, 5.41) is 15.6. The SMILES string of the molecule is O=C(c1cnn(Cc2ccccc2Cl)c1)N1CCN(S(=O)(=O)c2ccc([N+](=O)[O-])cc2)CC1. The number of carbonyl (C=O) groups is 1. The fourth-order valence-corrected chi connectivity index (χ4v) is 5.18. The maximum absolute atomic E-state index is 12.9. The van der Waals surface area contributed by atoms with Crippen LogP contribution in [0, 0.1) is 10.1 Å². The number of amides is 1. The third kappa shape index (κ3) is 4.90. The van der Waals surface area contributed by atoms with E-state index in [2.05, 4.69) is 5.10 Å². The van der Waals surface area contributed by atoms with Crippen LogP contribution in [0.5, 0.6) is 0 Å². The summed E-state index contributed by atoms with van der Waals surface area (Å²) in [7, 11) is -3.81. The number of non-ortho nitro benzene ring substituents is 1. The van der Waals surface area contributed by atoms with Gasteiger partial charge in [0, 0.05) is 49.5 Å².